The van der Waals surface area contributed by atoms with Crippen molar-refractivity contribution < 1.29 is 13.6 Å². The molecular formula is C10H20F2N2O. The van der Waals surface area contributed by atoms with Gasteiger partial charge in [-0.05, 0) is 13.5 Å². The van der Waals surface area contributed by atoms with Gasteiger partial charge in [0.05, 0.1) is 0 Å². The van der Waals surface area contributed by atoms with Gasteiger partial charge >= 0.3 is 0 Å². The summed E-state index contributed by atoms with van der Waals surface area (Å²) in [5.74, 6) is -2.94. The zero-order chi connectivity index (χ0) is 12.1. The minimum Gasteiger partial charge on any atom is -0.342 e. The van der Waals surface area contributed by atoms with Gasteiger partial charge in [0, 0.05) is 33.0 Å². The van der Waals surface area contributed by atoms with Crippen LogP contribution in [0.5, 0.6) is 0 Å². The van der Waals surface area contributed by atoms with Gasteiger partial charge in [-0.2, -0.15) is 0 Å². The second-order valence-corrected chi connectivity index (χ2v) is 3.87. The van der Waals surface area contributed by atoms with Gasteiger partial charge in [0.15, 0.2) is 0 Å². The van der Waals surface area contributed by atoms with Gasteiger partial charge in [-0.15, -0.1) is 0 Å². The molecule has 5 heteroatoms. The summed E-state index contributed by atoms with van der Waals surface area (Å²) in [5.41, 5.74) is 0. The Morgan fingerprint density at radius 3 is 2.40 bits per heavy atom. The first-order valence-electron chi connectivity index (χ1n) is 5.10. The number of amides is 1. The van der Waals surface area contributed by atoms with Crippen molar-refractivity contribution in [3.05, 3.63) is 0 Å². The molecule has 1 N–H and O–H groups in total. The molecule has 0 aliphatic carbocycles. The van der Waals surface area contributed by atoms with E-state index in [2.05, 4.69) is 5.32 Å². The number of nitrogens with zero attached hydrogens (tertiary/aromatic N) is 1. The van der Waals surface area contributed by atoms with E-state index in [1.54, 1.807) is 7.05 Å². The molecule has 0 heterocycles. The molecule has 0 aromatic heterocycles. The lowest BCUT2D eigenvalue weighted by molar-refractivity contribution is -0.131. The van der Waals surface area contributed by atoms with Crippen LogP contribution in [0.1, 0.15) is 27.2 Å². The third-order valence-electron chi connectivity index (χ3n) is 2.27. The van der Waals surface area contributed by atoms with Crippen molar-refractivity contribution in [2.75, 3.05) is 20.1 Å². The summed E-state index contributed by atoms with van der Waals surface area (Å²) in [7, 11) is 1.55. The Hall–Kier alpha value is -0.710. The molecule has 1 amide bonds. The lowest BCUT2D eigenvalue weighted by atomic mass is 10.1. The van der Waals surface area contributed by atoms with E-state index in [9.17, 15) is 13.6 Å². The highest BCUT2D eigenvalue weighted by Crippen LogP contribution is 2.21. The van der Waals surface area contributed by atoms with Gasteiger partial charge in [0.1, 0.15) is 0 Å². The summed E-state index contributed by atoms with van der Waals surface area (Å²) >= 11 is 0. The Kier molecular flexibility index (Phi) is 5.72. The molecule has 1 unspecified atom stereocenters. The van der Waals surface area contributed by atoms with Gasteiger partial charge in [-0.25, -0.2) is 8.78 Å². The van der Waals surface area contributed by atoms with Gasteiger partial charge < -0.3 is 10.2 Å². The van der Waals surface area contributed by atoms with Crippen LogP contribution < -0.4 is 5.32 Å². The standard InChI is InChI=1S/C10H20F2N2O/c1-5-13-7-9(6-10(3,11)12)14(4)8(2)15/h9,13H,5-7H2,1-4H3. The Bertz CT molecular complexity index is 204. The average molecular weight is 222 g/mol. The molecule has 0 fully saturated rings. The first kappa shape index (κ1) is 14.3. The van der Waals surface area contributed by atoms with E-state index in [0.29, 0.717) is 13.1 Å². The lowest BCUT2D eigenvalue weighted by Crippen LogP contribution is -2.45. The molecular weight excluding hydrogens is 202 g/mol. The van der Waals surface area contributed by atoms with Crippen molar-refractivity contribution in [2.45, 2.75) is 39.2 Å². The molecule has 0 aliphatic rings. The van der Waals surface area contributed by atoms with Crippen LogP contribution in [0.25, 0.3) is 0 Å². The van der Waals surface area contributed by atoms with Crippen LogP contribution in [0.15, 0.2) is 0 Å². The molecule has 0 spiro atoms. The lowest BCUT2D eigenvalue weighted by Gasteiger charge is -2.29. The number of nitrogens with one attached hydrogen (secondary N) is 1. The molecule has 0 bridgehead atoms. The van der Waals surface area contributed by atoms with Gasteiger partial charge in [-0.1, -0.05) is 6.92 Å². The largest absolute Gasteiger partial charge is 0.342 e. The minimum absolute atomic E-state index is 0.192. The fraction of sp³-hybridized carbons (Fsp3) is 0.900. The van der Waals surface area contributed by atoms with E-state index >= 15 is 0 Å². The fourth-order valence-electron chi connectivity index (χ4n) is 1.33. The molecule has 0 rings (SSSR count). The van der Waals surface area contributed by atoms with Crippen LogP contribution in [-0.2, 0) is 4.79 Å². The van der Waals surface area contributed by atoms with Crippen LogP contribution in [0.4, 0.5) is 8.78 Å². The number of halogens is 2. The van der Waals surface area contributed by atoms with Crippen molar-refractivity contribution in [3.63, 3.8) is 0 Å². The molecule has 0 saturated heterocycles. The molecule has 90 valence electrons. The zero-order valence-electron chi connectivity index (χ0n) is 9.81. The number of likely N-dealkylation sites (N-methyl/N-ethyl adjacent to an activating group) is 2. The summed E-state index contributed by atoms with van der Waals surface area (Å²) < 4.78 is 25.7. The zero-order valence-corrected chi connectivity index (χ0v) is 9.81. The van der Waals surface area contributed by atoms with Gasteiger partial charge in [0.25, 0.3) is 0 Å². The van der Waals surface area contributed by atoms with Crippen LogP contribution in [0.2, 0.25) is 0 Å². The Morgan fingerprint density at radius 1 is 1.53 bits per heavy atom. The summed E-state index contributed by atoms with van der Waals surface area (Å²) in [4.78, 5) is 12.4. The predicted octanol–water partition coefficient (Wildman–Crippen LogP) is 1.49. The Balaban J connectivity index is 4.36. The molecule has 0 saturated carbocycles. The van der Waals surface area contributed by atoms with Crippen molar-refractivity contribution in [2.24, 2.45) is 0 Å². The van der Waals surface area contributed by atoms with Crippen LogP contribution >= 0.6 is 0 Å². The molecule has 0 aromatic carbocycles. The quantitative estimate of drug-likeness (QED) is 0.738. The number of rotatable bonds is 6. The minimum atomic E-state index is -2.75. The Labute approximate surface area is 89.8 Å². The van der Waals surface area contributed by atoms with Crippen LogP contribution in [0.3, 0.4) is 0 Å². The molecule has 1 atom stereocenters. The topological polar surface area (TPSA) is 32.3 Å². The highest BCUT2D eigenvalue weighted by Gasteiger charge is 2.29. The van der Waals surface area contributed by atoms with E-state index in [-0.39, 0.29) is 12.3 Å². The van der Waals surface area contributed by atoms with E-state index in [0.717, 1.165) is 6.92 Å². The van der Waals surface area contributed by atoms with E-state index in [4.69, 9.17) is 0 Å². The van der Waals surface area contributed by atoms with Crippen molar-refractivity contribution in [1.29, 1.82) is 0 Å². The first-order chi connectivity index (χ1) is 6.78. The smallest absolute Gasteiger partial charge is 0.247 e. The molecule has 0 radical (unpaired) electrons. The summed E-state index contributed by atoms with van der Waals surface area (Å²) in [6, 6.07) is -0.456. The highest BCUT2D eigenvalue weighted by atomic mass is 19.3. The van der Waals surface area contributed by atoms with Crippen molar-refractivity contribution in [1.82, 2.24) is 10.2 Å². The maximum Gasteiger partial charge on any atom is 0.247 e. The third kappa shape index (κ3) is 6.38. The number of alkyl halides is 2. The third-order valence-corrected chi connectivity index (χ3v) is 2.27. The van der Waals surface area contributed by atoms with E-state index in [1.165, 1.54) is 11.8 Å². The monoisotopic (exact) mass is 222 g/mol. The highest BCUT2D eigenvalue weighted by molar-refractivity contribution is 5.73. The van der Waals surface area contributed by atoms with Crippen LogP contribution in [0, 0.1) is 0 Å². The molecule has 15 heavy (non-hydrogen) atoms. The number of hydrogen-bond donors (Lipinski definition) is 1. The van der Waals surface area contributed by atoms with E-state index in [1.807, 2.05) is 6.92 Å². The fourth-order valence-corrected chi connectivity index (χ4v) is 1.33. The predicted molar refractivity (Wildman–Crippen MR) is 56.0 cm³/mol. The molecule has 0 aliphatic heterocycles. The van der Waals surface area contributed by atoms with Gasteiger partial charge in [0.2, 0.25) is 11.8 Å². The number of hydrogen-bond acceptors (Lipinski definition) is 2. The van der Waals surface area contributed by atoms with Gasteiger partial charge in [-0.3, -0.25) is 4.79 Å². The number of carbonyl (C=O) groups excluding carboxylic acids is 1. The summed E-state index contributed by atoms with van der Waals surface area (Å²) in [6.07, 6.45) is -0.309. The van der Waals surface area contributed by atoms with Crippen molar-refractivity contribution >= 4 is 5.91 Å². The van der Waals surface area contributed by atoms with Crippen LogP contribution in [-0.4, -0.2) is 42.9 Å². The summed E-state index contributed by atoms with van der Waals surface area (Å²) in [5, 5.41) is 2.98. The average Bonchev–Trinajstić information content (AvgIpc) is 2.09. The second kappa shape index (κ2) is 6.00. The number of carbonyl (C=O) groups is 1. The first-order valence-corrected chi connectivity index (χ1v) is 5.10. The Morgan fingerprint density at radius 2 is 2.07 bits per heavy atom. The molecule has 3 nitrogen and oxygen atoms in total. The second-order valence-electron chi connectivity index (χ2n) is 3.87. The van der Waals surface area contributed by atoms with Crippen molar-refractivity contribution in [3.8, 4) is 0 Å². The van der Waals surface area contributed by atoms with E-state index < -0.39 is 12.0 Å². The normalized spacial score (nSPS) is 13.7. The maximum atomic E-state index is 12.9. The maximum absolute atomic E-state index is 12.9. The molecule has 0 aromatic rings. The SMILES string of the molecule is CCNCC(CC(C)(F)F)N(C)C(C)=O. The summed E-state index contributed by atoms with van der Waals surface area (Å²) in [6.45, 7) is 5.26.